The maximum Gasteiger partial charge on any atom is 0.345 e. The Hall–Kier alpha value is -2.57. The minimum Gasteiger partial charge on any atom is -0.334 e. The average molecular weight is 357 g/mol. The zero-order valence-electron chi connectivity index (χ0n) is 15.7. The zero-order chi connectivity index (χ0) is 18.7. The van der Waals surface area contributed by atoms with E-state index in [1.54, 1.807) is 11.6 Å². The van der Waals surface area contributed by atoms with E-state index in [4.69, 9.17) is 0 Å². The Balaban J connectivity index is 1.69. The molecule has 3 rings (SSSR count). The number of hydrogen-bond acceptors (Lipinski definition) is 3. The SMILES string of the molecule is CC(C)n1c(C2CCCN(C(=O)NCc3ccccc3)C2)nn(C)c1=O. The molecule has 26 heavy (non-hydrogen) atoms. The van der Waals surface area contributed by atoms with Gasteiger partial charge in [-0.3, -0.25) is 4.57 Å². The summed E-state index contributed by atoms with van der Waals surface area (Å²) in [7, 11) is 1.68. The zero-order valence-corrected chi connectivity index (χ0v) is 15.7. The van der Waals surface area contributed by atoms with Crippen molar-refractivity contribution in [2.75, 3.05) is 13.1 Å². The number of aryl methyl sites for hydroxylation is 1. The van der Waals surface area contributed by atoms with Crippen LogP contribution in [0.25, 0.3) is 0 Å². The number of rotatable bonds is 4. The fourth-order valence-corrected chi connectivity index (χ4v) is 3.52. The number of amides is 2. The van der Waals surface area contributed by atoms with E-state index >= 15 is 0 Å². The molecule has 7 heteroatoms. The van der Waals surface area contributed by atoms with Gasteiger partial charge in [0.15, 0.2) is 0 Å². The van der Waals surface area contributed by atoms with Gasteiger partial charge in [-0.05, 0) is 32.3 Å². The second-order valence-corrected chi connectivity index (χ2v) is 7.16. The molecule has 1 aliphatic heterocycles. The molecule has 0 bridgehead atoms. The van der Waals surface area contributed by atoms with Crippen molar-refractivity contribution in [2.45, 2.75) is 45.2 Å². The van der Waals surface area contributed by atoms with E-state index in [9.17, 15) is 9.59 Å². The van der Waals surface area contributed by atoms with Crippen LogP contribution >= 0.6 is 0 Å². The van der Waals surface area contributed by atoms with Crippen molar-refractivity contribution in [1.29, 1.82) is 0 Å². The molecule has 0 aliphatic carbocycles. The predicted molar refractivity (Wildman–Crippen MR) is 100 cm³/mol. The Labute approximate surface area is 153 Å². The van der Waals surface area contributed by atoms with Gasteiger partial charge in [0.2, 0.25) is 0 Å². The van der Waals surface area contributed by atoms with Crippen LogP contribution in [-0.4, -0.2) is 38.4 Å². The molecule has 1 saturated heterocycles. The Kier molecular flexibility index (Phi) is 5.44. The maximum absolute atomic E-state index is 12.6. The summed E-state index contributed by atoms with van der Waals surface area (Å²) in [6.07, 6.45) is 1.85. The number of likely N-dealkylation sites (tertiary alicyclic amines) is 1. The lowest BCUT2D eigenvalue weighted by Gasteiger charge is -2.32. The Bertz CT molecular complexity index is 809. The van der Waals surface area contributed by atoms with Gasteiger partial charge in [0.25, 0.3) is 0 Å². The van der Waals surface area contributed by atoms with Gasteiger partial charge in [-0.15, -0.1) is 0 Å². The molecule has 1 aliphatic rings. The lowest BCUT2D eigenvalue weighted by Crippen LogP contribution is -2.45. The molecule has 0 radical (unpaired) electrons. The third-order valence-corrected chi connectivity index (χ3v) is 4.86. The van der Waals surface area contributed by atoms with Gasteiger partial charge >= 0.3 is 11.7 Å². The van der Waals surface area contributed by atoms with Crippen molar-refractivity contribution in [3.8, 4) is 0 Å². The van der Waals surface area contributed by atoms with E-state index in [0.717, 1.165) is 30.8 Å². The highest BCUT2D eigenvalue weighted by molar-refractivity contribution is 5.74. The molecule has 0 saturated carbocycles. The van der Waals surface area contributed by atoms with Crippen LogP contribution in [0.1, 0.15) is 50.0 Å². The second-order valence-electron chi connectivity index (χ2n) is 7.16. The lowest BCUT2D eigenvalue weighted by atomic mass is 9.97. The number of nitrogens with zero attached hydrogens (tertiary/aromatic N) is 4. The number of carbonyl (C=O) groups is 1. The molecule has 1 atom stereocenters. The van der Waals surface area contributed by atoms with Crippen LogP contribution in [0, 0.1) is 0 Å². The molecule has 2 aromatic rings. The first-order chi connectivity index (χ1) is 12.5. The van der Waals surface area contributed by atoms with E-state index in [1.807, 2.05) is 49.1 Å². The summed E-state index contributed by atoms with van der Waals surface area (Å²) in [5.41, 5.74) is 0.980. The largest absolute Gasteiger partial charge is 0.345 e. The predicted octanol–water partition coefficient (Wildman–Crippen LogP) is 2.25. The summed E-state index contributed by atoms with van der Waals surface area (Å²) >= 11 is 0. The fourth-order valence-electron chi connectivity index (χ4n) is 3.52. The topological polar surface area (TPSA) is 72.2 Å². The molecule has 7 nitrogen and oxygen atoms in total. The van der Waals surface area contributed by atoms with Crippen LogP contribution in [0.4, 0.5) is 4.79 Å². The molecule has 1 fully saturated rings. The Morgan fingerprint density at radius 1 is 1.31 bits per heavy atom. The van der Waals surface area contributed by atoms with Crippen LogP contribution in [0.2, 0.25) is 0 Å². The normalized spacial score (nSPS) is 17.5. The van der Waals surface area contributed by atoms with Gasteiger partial charge in [-0.25, -0.2) is 14.3 Å². The second kappa shape index (κ2) is 7.76. The van der Waals surface area contributed by atoms with Gasteiger partial charge in [0, 0.05) is 38.6 Å². The first-order valence-electron chi connectivity index (χ1n) is 9.19. The number of aromatic nitrogens is 3. The van der Waals surface area contributed by atoms with Crippen molar-refractivity contribution in [2.24, 2.45) is 7.05 Å². The molecule has 1 N–H and O–H groups in total. The highest BCUT2D eigenvalue weighted by Gasteiger charge is 2.29. The fraction of sp³-hybridized carbons (Fsp3) is 0.526. The molecular formula is C19H27N5O2. The molecule has 2 amide bonds. The number of urea groups is 1. The molecule has 140 valence electrons. The van der Waals surface area contributed by atoms with Gasteiger partial charge in [0.05, 0.1) is 0 Å². The third kappa shape index (κ3) is 3.81. The summed E-state index contributed by atoms with van der Waals surface area (Å²) in [6, 6.07) is 9.86. The van der Waals surface area contributed by atoms with Crippen molar-refractivity contribution in [1.82, 2.24) is 24.6 Å². The lowest BCUT2D eigenvalue weighted by molar-refractivity contribution is 0.177. The molecule has 2 heterocycles. The monoisotopic (exact) mass is 357 g/mol. The van der Waals surface area contributed by atoms with Crippen molar-refractivity contribution in [3.63, 3.8) is 0 Å². The molecule has 1 aromatic heterocycles. The minimum absolute atomic E-state index is 0.0495. The van der Waals surface area contributed by atoms with Crippen molar-refractivity contribution in [3.05, 3.63) is 52.2 Å². The minimum atomic E-state index is -0.0966. The molecular weight excluding hydrogens is 330 g/mol. The van der Waals surface area contributed by atoms with Gasteiger partial charge in [0.1, 0.15) is 5.82 Å². The van der Waals surface area contributed by atoms with Crippen LogP contribution in [0.15, 0.2) is 35.1 Å². The van der Waals surface area contributed by atoms with E-state index < -0.39 is 0 Å². The maximum atomic E-state index is 12.6. The standard InChI is InChI=1S/C19H27N5O2/c1-14(2)24-17(21-22(3)19(24)26)16-10-7-11-23(13-16)18(25)20-12-15-8-5-4-6-9-15/h4-6,8-9,14,16H,7,10-13H2,1-3H3,(H,20,25). The summed E-state index contributed by atoms with van der Waals surface area (Å²) in [6.45, 7) is 5.81. The van der Waals surface area contributed by atoms with Crippen LogP contribution in [-0.2, 0) is 13.6 Å². The van der Waals surface area contributed by atoms with Crippen molar-refractivity contribution >= 4 is 6.03 Å². The third-order valence-electron chi connectivity index (χ3n) is 4.86. The summed E-state index contributed by atoms with van der Waals surface area (Å²) in [4.78, 5) is 26.7. The van der Waals surface area contributed by atoms with E-state index in [-0.39, 0.29) is 23.7 Å². The van der Waals surface area contributed by atoms with Gasteiger partial charge in [-0.1, -0.05) is 30.3 Å². The molecule has 1 unspecified atom stereocenters. The molecule has 0 spiro atoms. The summed E-state index contributed by atoms with van der Waals surface area (Å²) in [5, 5.41) is 7.44. The van der Waals surface area contributed by atoms with Gasteiger partial charge < -0.3 is 10.2 Å². The average Bonchev–Trinajstić information content (AvgIpc) is 2.96. The summed E-state index contributed by atoms with van der Waals surface area (Å²) in [5.74, 6) is 0.871. The van der Waals surface area contributed by atoms with E-state index in [1.165, 1.54) is 4.68 Å². The smallest absolute Gasteiger partial charge is 0.334 e. The Morgan fingerprint density at radius 2 is 2.04 bits per heavy atom. The van der Waals surface area contributed by atoms with E-state index in [2.05, 4.69) is 10.4 Å². The Morgan fingerprint density at radius 3 is 2.73 bits per heavy atom. The number of benzene rings is 1. The van der Waals surface area contributed by atoms with E-state index in [0.29, 0.717) is 13.1 Å². The highest BCUT2D eigenvalue weighted by atomic mass is 16.2. The molecule has 1 aromatic carbocycles. The first kappa shape index (κ1) is 18.2. The number of carbonyl (C=O) groups excluding carboxylic acids is 1. The van der Waals surface area contributed by atoms with Gasteiger partial charge in [-0.2, -0.15) is 5.10 Å². The highest BCUT2D eigenvalue weighted by Crippen LogP contribution is 2.26. The van der Waals surface area contributed by atoms with Crippen LogP contribution in [0.5, 0.6) is 0 Å². The van der Waals surface area contributed by atoms with Crippen molar-refractivity contribution < 1.29 is 4.79 Å². The number of nitrogens with one attached hydrogen (secondary N) is 1. The number of piperidine rings is 1. The quantitative estimate of drug-likeness (QED) is 0.912. The van der Waals surface area contributed by atoms with Crippen LogP contribution < -0.4 is 11.0 Å². The first-order valence-corrected chi connectivity index (χ1v) is 9.19. The van der Waals surface area contributed by atoms with Crippen LogP contribution in [0.3, 0.4) is 0 Å². The summed E-state index contributed by atoms with van der Waals surface area (Å²) < 4.78 is 3.14. The number of hydrogen-bond donors (Lipinski definition) is 1.